The van der Waals surface area contributed by atoms with Crippen LogP contribution in [0.3, 0.4) is 0 Å². The Balaban J connectivity index is 1.69. The summed E-state index contributed by atoms with van der Waals surface area (Å²) in [5.41, 5.74) is 2.19. The number of ether oxygens (including phenoxy) is 1. The SMILES string of the molecule is COC(=O)c1c(NC(=O)C2(C)Sc3ccccc3N(C)C2=O)sc2c1CCCC2. The van der Waals surface area contributed by atoms with Gasteiger partial charge in [-0.25, -0.2) is 4.79 Å². The normalized spacial score (nSPS) is 20.7. The minimum absolute atomic E-state index is 0.292. The summed E-state index contributed by atoms with van der Waals surface area (Å²) >= 11 is 2.66. The number of amides is 2. The first-order valence-corrected chi connectivity index (χ1v) is 11.1. The van der Waals surface area contributed by atoms with Crippen LogP contribution in [0.2, 0.25) is 0 Å². The molecule has 1 aromatic carbocycles. The van der Waals surface area contributed by atoms with Gasteiger partial charge in [-0.05, 0) is 50.3 Å². The first-order chi connectivity index (χ1) is 13.9. The molecule has 1 N–H and O–H groups in total. The Labute approximate surface area is 177 Å². The number of rotatable bonds is 3. The van der Waals surface area contributed by atoms with E-state index < -0.39 is 16.6 Å². The molecule has 2 amide bonds. The summed E-state index contributed by atoms with van der Waals surface area (Å²) in [6.45, 7) is 1.63. The molecule has 1 atom stereocenters. The number of carbonyl (C=O) groups is 3. The summed E-state index contributed by atoms with van der Waals surface area (Å²) in [7, 11) is 3.02. The molecule has 0 radical (unpaired) electrons. The van der Waals surface area contributed by atoms with Crippen LogP contribution in [0, 0.1) is 0 Å². The van der Waals surface area contributed by atoms with E-state index in [1.165, 1.54) is 35.1 Å². The van der Waals surface area contributed by atoms with Gasteiger partial charge in [0.1, 0.15) is 5.00 Å². The molecule has 6 nitrogen and oxygen atoms in total. The predicted molar refractivity (Wildman–Crippen MR) is 115 cm³/mol. The third-order valence-corrected chi connectivity index (χ3v) is 8.02. The van der Waals surface area contributed by atoms with Gasteiger partial charge in [0.25, 0.3) is 11.8 Å². The van der Waals surface area contributed by atoms with E-state index in [0.717, 1.165) is 46.7 Å². The maximum Gasteiger partial charge on any atom is 0.341 e. The molecule has 2 aromatic rings. The molecule has 152 valence electrons. The van der Waals surface area contributed by atoms with E-state index in [0.29, 0.717) is 10.6 Å². The Bertz CT molecular complexity index is 1020. The molecule has 2 heterocycles. The van der Waals surface area contributed by atoms with E-state index in [-0.39, 0.29) is 5.91 Å². The maximum atomic E-state index is 13.3. The number of nitrogens with one attached hydrogen (secondary N) is 1. The van der Waals surface area contributed by atoms with Crippen LogP contribution in [0.15, 0.2) is 29.2 Å². The molecule has 4 rings (SSSR count). The van der Waals surface area contributed by atoms with Crippen LogP contribution in [0.25, 0.3) is 0 Å². The van der Waals surface area contributed by atoms with Gasteiger partial charge in [-0.1, -0.05) is 23.9 Å². The number of hydrogen-bond acceptors (Lipinski definition) is 6. The van der Waals surface area contributed by atoms with Crippen molar-refractivity contribution in [3.05, 3.63) is 40.3 Å². The monoisotopic (exact) mass is 430 g/mol. The predicted octanol–water partition coefficient (Wildman–Crippen LogP) is 3.88. The third-order valence-electron chi connectivity index (χ3n) is 5.47. The van der Waals surface area contributed by atoms with Crippen molar-refractivity contribution in [3.8, 4) is 0 Å². The van der Waals surface area contributed by atoms with Gasteiger partial charge in [-0.3, -0.25) is 9.59 Å². The quantitative estimate of drug-likeness (QED) is 0.591. The van der Waals surface area contributed by atoms with Crippen molar-refractivity contribution in [3.63, 3.8) is 0 Å². The molecule has 1 aromatic heterocycles. The van der Waals surface area contributed by atoms with Gasteiger partial charge in [-0.2, -0.15) is 0 Å². The molecule has 29 heavy (non-hydrogen) atoms. The molecule has 0 spiro atoms. The third kappa shape index (κ3) is 3.24. The van der Waals surface area contributed by atoms with Crippen molar-refractivity contribution >= 4 is 51.6 Å². The molecular formula is C21H22N2O4S2. The molecule has 0 saturated heterocycles. The van der Waals surface area contributed by atoms with Crippen LogP contribution in [0.1, 0.15) is 40.6 Å². The van der Waals surface area contributed by atoms with Crippen molar-refractivity contribution in [1.29, 1.82) is 0 Å². The number of thiophene rings is 1. The Morgan fingerprint density at radius 1 is 1.21 bits per heavy atom. The number of esters is 1. The largest absolute Gasteiger partial charge is 0.465 e. The zero-order valence-electron chi connectivity index (χ0n) is 16.5. The minimum atomic E-state index is -1.33. The number of fused-ring (bicyclic) bond motifs is 2. The maximum absolute atomic E-state index is 13.3. The van der Waals surface area contributed by atoms with E-state index >= 15 is 0 Å². The second kappa shape index (κ2) is 7.50. The highest BCUT2D eigenvalue weighted by Crippen LogP contribution is 2.46. The molecule has 0 fully saturated rings. The highest BCUT2D eigenvalue weighted by Gasteiger charge is 2.48. The number of benzene rings is 1. The molecule has 0 saturated carbocycles. The molecule has 8 heteroatoms. The average molecular weight is 431 g/mol. The summed E-state index contributed by atoms with van der Waals surface area (Å²) in [5.74, 6) is -1.17. The molecule has 1 unspecified atom stereocenters. The number of aryl methyl sites for hydroxylation is 1. The van der Waals surface area contributed by atoms with Crippen LogP contribution in [0.5, 0.6) is 0 Å². The average Bonchev–Trinajstić information content (AvgIpc) is 3.09. The Hall–Kier alpha value is -2.32. The van der Waals surface area contributed by atoms with Crippen molar-refractivity contribution < 1.29 is 19.1 Å². The zero-order chi connectivity index (χ0) is 20.8. The summed E-state index contributed by atoms with van der Waals surface area (Å²) < 4.78 is 3.64. The topological polar surface area (TPSA) is 75.7 Å². The van der Waals surface area contributed by atoms with E-state index in [4.69, 9.17) is 4.74 Å². The Morgan fingerprint density at radius 3 is 2.69 bits per heavy atom. The number of hydrogen-bond donors (Lipinski definition) is 1. The fraction of sp³-hybridized carbons (Fsp3) is 0.381. The van der Waals surface area contributed by atoms with Gasteiger partial charge in [0.05, 0.1) is 18.4 Å². The molecule has 1 aliphatic carbocycles. The number of nitrogens with zero attached hydrogens (tertiary/aromatic N) is 1. The number of thioether (sulfide) groups is 1. The summed E-state index contributed by atoms with van der Waals surface area (Å²) in [5, 5.41) is 3.36. The van der Waals surface area contributed by atoms with Crippen LogP contribution in [-0.4, -0.2) is 36.7 Å². The summed E-state index contributed by atoms with van der Waals surface area (Å²) in [6.07, 6.45) is 3.76. The number of methoxy groups -OCH3 is 1. The number of para-hydroxylation sites is 1. The molecule has 2 aliphatic rings. The highest BCUT2D eigenvalue weighted by molar-refractivity contribution is 8.02. The van der Waals surface area contributed by atoms with Crippen molar-refractivity contribution in [2.75, 3.05) is 24.4 Å². The van der Waals surface area contributed by atoms with Gasteiger partial charge in [-0.15, -0.1) is 11.3 Å². The van der Waals surface area contributed by atoms with Gasteiger partial charge < -0.3 is 15.0 Å². The van der Waals surface area contributed by atoms with Crippen LogP contribution >= 0.6 is 23.1 Å². The summed E-state index contributed by atoms with van der Waals surface area (Å²) in [6, 6.07) is 7.51. The van der Waals surface area contributed by atoms with Crippen LogP contribution in [-0.2, 0) is 27.2 Å². The Morgan fingerprint density at radius 2 is 1.93 bits per heavy atom. The smallest absolute Gasteiger partial charge is 0.341 e. The van der Waals surface area contributed by atoms with E-state index in [1.807, 2.05) is 24.3 Å². The molecule has 0 bridgehead atoms. The summed E-state index contributed by atoms with van der Waals surface area (Å²) in [4.78, 5) is 42.3. The second-order valence-electron chi connectivity index (χ2n) is 7.33. The second-order valence-corrected chi connectivity index (χ2v) is 9.89. The first kappa shape index (κ1) is 20.0. The van der Waals surface area contributed by atoms with Crippen molar-refractivity contribution in [2.45, 2.75) is 42.2 Å². The molecular weight excluding hydrogens is 408 g/mol. The van der Waals surface area contributed by atoms with Crippen LogP contribution < -0.4 is 10.2 Å². The fourth-order valence-corrected chi connectivity index (χ4v) is 6.39. The van der Waals surface area contributed by atoms with Gasteiger partial charge >= 0.3 is 5.97 Å². The zero-order valence-corrected chi connectivity index (χ0v) is 18.2. The minimum Gasteiger partial charge on any atom is -0.465 e. The lowest BCUT2D eigenvalue weighted by Crippen LogP contribution is -2.53. The number of anilines is 2. The lowest BCUT2D eigenvalue weighted by molar-refractivity contribution is -0.128. The standard InChI is InChI=1S/C21H22N2O4S2/c1-21(20(26)23(2)13-9-5-7-11-15(13)29-21)19(25)22-17-16(18(24)27-3)12-8-4-6-10-14(12)28-17/h5,7,9,11H,4,6,8,10H2,1-3H3,(H,22,25). The van der Waals surface area contributed by atoms with E-state index in [2.05, 4.69) is 5.32 Å². The molecule has 1 aliphatic heterocycles. The van der Waals surface area contributed by atoms with E-state index in [1.54, 1.807) is 14.0 Å². The fourth-order valence-electron chi connectivity index (χ4n) is 3.85. The highest BCUT2D eigenvalue weighted by atomic mass is 32.2. The first-order valence-electron chi connectivity index (χ1n) is 9.47. The Kier molecular flexibility index (Phi) is 5.16. The lowest BCUT2D eigenvalue weighted by atomic mass is 9.95. The van der Waals surface area contributed by atoms with Crippen molar-refractivity contribution in [2.24, 2.45) is 0 Å². The van der Waals surface area contributed by atoms with Gasteiger partial charge in [0.15, 0.2) is 4.75 Å². The lowest BCUT2D eigenvalue weighted by Gasteiger charge is -2.36. The van der Waals surface area contributed by atoms with E-state index in [9.17, 15) is 14.4 Å². The van der Waals surface area contributed by atoms with Crippen LogP contribution in [0.4, 0.5) is 10.7 Å². The van der Waals surface area contributed by atoms with Gasteiger partial charge in [0.2, 0.25) is 0 Å². The van der Waals surface area contributed by atoms with Crippen molar-refractivity contribution in [1.82, 2.24) is 0 Å². The van der Waals surface area contributed by atoms with Gasteiger partial charge in [0, 0.05) is 16.8 Å². The number of carbonyl (C=O) groups excluding carboxylic acids is 3.